The molecule has 0 unspecified atom stereocenters. The number of urea groups is 1. The van der Waals surface area contributed by atoms with Gasteiger partial charge in [0.05, 0.1) is 36.3 Å². The molecule has 0 spiro atoms. The molecule has 0 aliphatic heterocycles. The molecule has 0 radical (unpaired) electrons. The van der Waals surface area contributed by atoms with Crippen LogP contribution in [0.1, 0.15) is 43.1 Å². The largest absolute Gasteiger partial charge is 0.497 e. The van der Waals surface area contributed by atoms with Crippen molar-refractivity contribution in [3.63, 3.8) is 0 Å². The number of rotatable bonds is 6. The average Bonchev–Trinajstić information content (AvgIpc) is 3.20. The summed E-state index contributed by atoms with van der Waals surface area (Å²) in [7, 11) is 1.64. The molecule has 0 bridgehead atoms. The number of aromatic amines is 1. The van der Waals surface area contributed by atoms with Crippen molar-refractivity contribution < 1.29 is 14.6 Å². The van der Waals surface area contributed by atoms with Crippen LogP contribution in [-0.4, -0.2) is 40.4 Å². The zero-order valence-corrected chi connectivity index (χ0v) is 17.1. The molecule has 1 aliphatic carbocycles. The van der Waals surface area contributed by atoms with Crippen LogP contribution in [0.25, 0.3) is 11.0 Å². The van der Waals surface area contributed by atoms with Crippen LogP contribution in [-0.2, 0) is 6.42 Å². The van der Waals surface area contributed by atoms with Crippen LogP contribution in [0.5, 0.6) is 5.75 Å². The van der Waals surface area contributed by atoms with E-state index in [1.54, 1.807) is 7.11 Å². The number of benzene rings is 2. The molecule has 1 saturated carbocycles. The van der Waals surface area contributed by atoms with Gasteiger partial charge in [-0.15, -0.1) is 0 Å². The van der Waals surface area contributed by atoms with Gasteiger partial charge in [0, 0.05) is 0 Å². The van der Waals surface area contributed by atoms with Gasteiger partial charge in [0.2, 0.25) is 0 Å². The maximum atomic E-state index is 12.8. The number of hydrogen-bond acceptors (Lipinski definition) is 4. The number of aliphatic hydroxyl groups is 1. The van der Waals surface area contributed by atoms with Gasteiger partial charge in [-0.2, -0.15) is 0 Å². The second-order valence-corrected chi connectivity index (χ2v) is 7.82. The predicted octanol–water partition coefficient (Wildman–Crippen LogP) is 3.46. The Bertz CT molecular complexity index is 953. The number of H-pyrrole nitrogens is 1. The molecule has 2 aromatic carbocycles. The van der Waals surface area contributed by atoms with E-state index in [-0.39, 0.29) is 18.1 Å². The van der Waals surface area contributed by atoms with Crippen LogP contribution in [0.3, 0.4) is 0 Å². The van der Waals surface area contributed by atoms with Crippen molar-refractivity contribution in [1.82, 2.24) is 20.6 Å². The minimum atomic E-state index is -0.490. The molecule has 3 aromatic rings. The fourth-order valence-electron chi connectivity index (χ4n) is 4.00. The van der Waals surface area contributed by atoms with Crippen molar-refractivity contribution in [1.29, 1.82) is 0 Å². The number of amides is 2. The number of carbonyl (C=O) groups excluding carboxylic acids is 1. The van der Waals surface area contributed by atoms with Gasteiger partial charge in [-0.1, -0.05) is 37.1 Å². The highest BCUT2D eigenvalue weighted by molar-refractivity contribution is 5.76. The lowest BCUT2D eigenvalue weighted by molar-refractivity contribution is 0.0940. The lowest BCUT2D eigenvalue weighted by atomic mass is 9.93. The summed E-state index contributed by atoms with van der Waals surface area (Å²) in [6.45, 7) is 0. The SMILES string of the molecule is COc1ccc(C[C@@H](NC(=O)N[C@H]2CCCC[C@@H]2O)c2nc3ccccc3[nH]2)cc1. The van der Waals surface area contributed by atoms with Gasteiger partial charge in [0.15, 0.2) is 0 Å². The van der Waals surface area contributed by atoms with Crippen LogP contribution in [0.15, 0.2) is 48.5 Å². The molecule has 4 rings (SSSR count). The molecule has 1 fully saturated rings. The maximum absolute atomic E-state index is 12.8. The fraction of sp³-hybridized carbons (Fsp3) is 0.391. The number of para-hydroxylation sites is 2. The number of aromatic nitrogens is 2. The Kier molecular flexibility index (Phi) is 6.18. The first-order chi connectivity index (χ1) is 14.6. The number of carbonyl (C=O) groups is 1. The average molecular weight is 409 g/mol. The Labute approximate surface area is 175 Å². The number of aliphatic hydroxyl groups excluding tert-OH is 1. The summed E-state index contributed by atoms with van der Waals surface area (Å²) in [6, 6.07) is 14.7. The third kappa shape index (κ3) is 4.74. The van der Waals surface area contributed by atoms with Crippen molar-refractivity contribution in [3.8, 4) is 5.75 Å². The lowest BCUT2D eigenvalue weighted by Crippen LogP contribution is -2.50. The number of methoxy groups -OCH3 is 1. The highest BCUT2D eigenvalue weighted by Crippen LogP contribution is 2.22. The van der Waals surface area contributed by atoms with Crippen LogP contribution in [0, 0.1) is 0 Å². The third-order valence-electron chi connectivity index (χ3n) is 5.69. The summed E-state index contributed by atoms with van der Waals surface area (Å²) >= 11 is 0. The predicted molar refractivity (Wildman–Crippen MR) is 115 cm³/mol. The minimum Gasteiger partial charge on any atom is -0.497 e. The molecule has 30 heavy (non-hydrogen) atoms. The van der Waals surface area contributed by atoms with E-state index in [0.29, 0.717) is 12.2 Å². The summed E-state index contributed by atoms with van der Waals surface area (Å²) < 4.78 is 5.24. The van der Waals surface area contributed by atoms with Crippen molar-refractivity contribution in [2.24, 2.45) is 0 Å². The molecule has 1 heterocycles. The van der Waals surface area contributed by atoms with E-state index in [1.165, 1.54) is 0 Å². The van der Waals surface area contributed by atoms with Crippen molar-refractivity contribution in [3.05, 3.63) is 59.9 Å². The first-order valence-corrected chi connectivity index (χ1v) is 10.4. The Balaban J connectivity index is 1.53. The van der Waals surface area contributed by atoms with Gasteiger partial charge in [-0.3, -0.25) is 0 Å². The summed E-state index contributed by atoms with van der Waals surface area (Å²) in [5.41, 5.74) is 2.84. The second kappa shape index (κ2) is 9.17. The summed E-state index contributed by atoms with van der Waals surface area (Å²) in [4.78, 5) is 20.8. The maximum Gasteiger partial charge on any atom is 0.315 e. The van der Waals surface area contributed by atoms with Crippen molar-refractivity contribution >= 4 is 17.1 Å². The fourth-order valence-corrected chi connectivity index (χ4v) is 4.00. The first kappa shape index (κ1) is 20.2. The molecule has 2 amide bonds. The zero-order valence-electron chi connectivity index (χ0n) is 17.1. The van der Waals surface area contributed by atoms with Gasteiger partial charge < -0.3 is 25.5 Å². The number of nitrogens with one attached hydrogen (secondary N) is 3. The quantitative estimate of drug-likeness (QED) is 0.502. The zero-order chi connectivity index (χ0) is 20.9. The number of fused-ring (bicyclic) bond motifs is 1. The molecular formula is C23H28N4O3. The second-order valence-electron chi connectivity index (χ2n) is 7.82. The van der Waals surface area contributed by atoms with Crippen LogP contribution in [0.4, 0.5) is 4.79 Å². The number of hydrogen-bond donors (Lipinski definition) is 4. The van der Waals surface area contributed by atoms with E-state index in [2.05, 4.69) is 20.6 Å². The molecule has 4 N–H and O–H groups in total. The van der Waals surface area contributed by atoms with E-state index < -0.39 is 6.10 Å². The van der Waals surface area contributed by atoms with E-state index in [4.69, 9.17) is 4.74 Å². The normalized spacial score (nSPS) is 19.9. The Morgan fingerprint density at radius 3 is 2.70 bits per heavy atom. The van der Waals surface area contributed by atoms with Gasteiger partial charge in [0.1, 0.15) is 11.6 Å². The Morgan fingerprint density at radius 2 is 1.97 bits per heavy atom. The third-order valence-corrected chi connectivity index (χ3v) is 5.69. The van der Waals surface area contributed by atoms with Gasteiger partial charge in [-0.25, -0.2) is 9.78 Å². The Hall–Kier alpha value is -3.06. The summed E-state index contributed by atoms with van der Waals surface area (Å²) in [5, 5.41) is 16.2. The van der Waals surface area contributed by atoms with Crippen LogP contribution < -0.4 is 15.4 Å². The standard InChI is InChI=1S/C23H28N4O3/c1-30-16-12-10-15(11-13-16)14-20(22-24-17-6-2-3-7-18(17)25-22)27-23(29)26-19-8-4-5-9-21(19)28/h2-3,6-7,10-13,19-21,28H,4-5,8-9,14H2,1H3,(H,24,25)(H2,26,27,29)/t19-,20+,21-/m0/s1. The Morgan fingerprint density at radius 1 is 1.20 bits per heavy atom. The molecule has 0 saturated heterocycles. The topological polar surface area (TPSA) is 99.3 Å². The van der Waals surface area contributed by atoms with Gasteiger partial charge in [0.25, 0.3) is 0 Å². The number of imidazole rings is 1. The van der Waals surface area contributed by atoms with Crippen molar-refractivity contribution in [2.45, 2.75) is 50.3 Å². The molecular weight excluding hydrogens is 380 g/mol. The molecule has 7 nitrogen and oxygen atoms in total. The number of nitrogens with zero attached hydrogens (tertiary/aromatic N) is 1. The smallest absolute Gasteiger partial charge is 0.315 e. The molecule has 3 atom stereocenters. The monoisotopic (exact) mass is 408 g/mol. The lowest BCUT2D eigenvalue weighted by Gasteiger charge is -2.29. The van der Waals surface area contributed by atoms with Crippen LogP contribution >= 0.6 is 0 Å². The van der Waals surface area contributed by atoms with E-state index >= 15 is 0 Å². The highest BCUT2D eigenvalue weighted by atomic mass is 16.5. The van der Waals surface area contributed by atoms with E-state index in [0.717, 1.165) is 48.0 Å². The molecule has 1 aromatic heterocycles. The molecule has 1 aliphatic rings. The summed E-state index contributed by atoms with van der Waals surface area (Å²) in [6.07, 6.45) is 3.62. The molecule has 158 valence electrons. The van der Waals surface area contributed by atoms with Crippen LogP contribution in [0.2, 0.25) is 0 Å². The molecule has 7 heteroatoms. The van der Waals surface area contributed by atoms with Gasteiger partial charge in [-0.05, 0) is 49.1 Å². The van der Waals surface area contributed by atoms with Crippen molar-refractivity contribution in [2.75, 3.05) is 7.11 Å². The number of ether oxygens (including phenoxy) is 1. The van der Waals surface area contributed by atoms with E-state index in [1.807, 2.05) is 48.5 Å². The minimum absolute atomic E-state index is 0.212. The summed E-state index contributed by atoms with van der Waals surface area (Å²) in [5.74, 6) is 1.49. The van der Waals surface area contributed by atoms with Gasteiger partial charge >= 0.3 is 6.03 Å². The highest BCUT2D eigenvalue weighted by Gasteiger charge is 2.26. The van der Waals surface area contributed by atoms with E-state index in [9.17, 15) is 9.90 Å². The first-order valence-electron chi connectivity index (χ1n) is 10.4.